The molecule has 4 rings (SSSR count). The number of unbranched alkanes of at least 4 members (excludes halogenated alkanes) is 1. The van der Waals surface area contributed by atoms with Gasteiger partial charge in [-0.25, -0.2) is 4.98 Å². The van der Waals surface area contributed by atoms with Crippen LogP contribution in [0.25, 0.3) is 11.0 Å². The summed E-state index contributed by atoms with van der Waals surface area (Å²) in [5.74, 6) is -0.492. The lowest BCUT2D eigenvalue weighted by Crippen LogP contribution is -2.14. The second-order valence-electron chi connectivity index (χ2n) is 8.23. The number of benzene rings is 1. The van der Waals surface area contributed by atoms with Gasteiger partial charge in [0.15, 0.2) is 0 Å². The SMILES string of the molecule is O=C(CCCCc1ccc2c(n1)NCCC2)CC[C@H](C(=O)O)c1ccc2ccoc2c1. The average Bonchev–Trinajstić information content (AvgIpc) is 3.24. The molecule has 0 bridgehead atoms. The number of aliphatic carboxylic acids is 1. The predicted octanol–water partition coefficient (Wildman–Crippen LogP) is 5.12. The van der Waals surface area contributed by atoms with Gasteiger partial charge in [-0.1, -0.05) is 18.2 Å². The van der Waals surface area contributed by atoms with Crippen LogP contribution in [0.1, 0.15) is 61.3 Å². The van der Waals surface area contributed by atoms with Crippen LogP contribution in [0.2, 0.25) is 0 Å². The summed E-state index contributed by atoms with van der Waals surface area (Å²) in [6, 6.07) is 11.5. The molecule has 0 spiro atoms. The second-order valence-corrected chi connectivity index (χ2v) is 8.23. The number of nitrogens with one attached hydrogen (secondary N) is 1. The summed E-state index contributed by atoms with van der Waals surface area (Å²) in [5.41, 5.74) is 3.68. The number of fused-ring (bicyclic) bond motifs is 2. The summed E-state index contributed by atoms with van der Waals surface area (Å²) in [6.07, 6.45) is 7.41. The van der Waals surface area contributed by atoms with Gasteiger partial charge in [-0.05, 0) is 67.9 Å². The van der Waals surface area contributed by atoms with Gasteiger partial charge in [0.1, 0.15) is 17.2 Å². The van der Waals surface area contributed by atoms with E-state index in [4.69, 9.17) is 9.40 Å². The lowest BCUT2D eigenvalue weighted by Gasteiger charge is -2.17. The number of pyridine rings is 1. The number of carboxylic acids is 1. The van der Waals surface area contributed by atoms with Crippen LogP contribution in [0.15, 0.2) is 47.1 Å². The van der Waals surface area contributed by atoms with E-state index in [-0.39, 0.29) is 12.2 Å². The van der Waals surface area contributed by atoms with Gasteiger partial charge in [-0.15, -0.1) is 0 Å². The first kappa shape index (κ1) is 21.1. The summed E-state index contributed by atoms with van der Waals surface area (Å²) in [7, 11) is 0. The Balaban J connectivity index is 1.23. The lowest BCUT2D eigenvalue weighted by molar-refractivity contribution is -0.139. The number of aromatic nitrogens is 1. The van der Waals surface area contributed by atoms with E-state index in [1.165, 1.54) is 5.56 Å². The number of ketones is 1. The molecule has 0 radical (unpaired) electrons. The first-order valence-electron chi connectivity index (χ1n) is 11.0. The fourth-order valence-electron chi connectivity index (χ4n) is 4.19. The van der Waals surface area contributed by atoms with E-state index < -0.39 is 11.9 Å². The number of aryl methyl sites for hydroxylation is 2. The van der Waals surface area contributed by atoms with Crippen molar-refractivity contribution in [1.82, 2.24) is 4.98 Å². The number of anilines is 1. The Kier molecular flexibility index (Phi) is 6.65. The molecule has 1 atom stereocenters. The molecule has 0 aliphatic carbocycles. The maximum absolute atomic E-state index is 12.3. The zero-order valence-electron chi connectivity index (χ0n) is 17.6. The van der Waals surface area contributed by atoms with Crippen molar-refractivity contribution in [3.8, 4) is 0 Å². The van der Waals surface area contributed by atoms with E-state index in [0.29, 0.717) is 24.0 Å². The Bertz CT molecular complexity index is 1070. The van der Waals surface area contributed by atoms with Crippen molar-refractivity contribution >= 4 is 28.5 Å². The molecule has 0 amide bonds. The summed E-state index contributed by atoms with van der Waals surface area (Å²) in [4.78, 5) is 28.8. The molecule has 1 aliphatic heterocycles. The van der Waals surface area contributed by atoms with Crippen molar-refractivity contribution in [2.45, 2.75) is 57.3 Å². The zero-order chi connectivity index (χ0) is 21.6. The number of carbonyl (C=O) groups excluding carboxylic acids is 1. The van der Waals surface area contributed by atoms with E-state index >= 15 is 0 Å². The molecule has 3 heterocycles. The molecule has 3 aromatic rings. The number of rotatable bonds is 10. The number of nitrogens with zero attached hydrogens (tertiary/aromatic N) is 1. The maximum atomic E-state index is 12.3. The highest BCUT2D eigenvalue weighted by Gasteiger charge is 2.21. The van der Waals surface area contributed by atoms with E-state index in [0.717, 1.165) is 55.5 Å². The first-order valence-corrected chi connectivity index (χ1v) is 11.0. The van der Waals surface area contributed by atoms with Gasteiger partial charge in [-0.3, -0.25) is 9.59 Å². The maximum Gasteiger partial charge on any atom is 0.310 e. The molecule has 0 saturated heterocycles. The molecule has 6 nitrogen and oxygen atoms in total. The minimum Gasteiger partial charge on any atom is -0.481 e. The summed E-state index contributed by atoms with van der Waals surface area (Å²) in [6.45, 7) is 0.977. The standard InChI is InChI=1S/C25H28N2O4/c28-21(6-2-1-5-20-10-9-18-4-3-14-26-24(18)27-20)11-12-22(25(29)30)19-8-7-17-13-15-31-23(17)16-19/h7-10,13,15-16,22H,1-6,11-12,14H2,(H,26,27)(H,29,30)/t22-/m0/s1. The van der Waals surface area contributed by atoms with Crippen LogP contribution >= 0.6 is 0 Å². The van der Waals surface area contributed by atoms with Gasteiger partial charge in [0.05, 0.1) is 12.2 Å². The summed E-state index contributed by atoms with van der Waals surface area (Å²) >= 11 is 0. The molecule has 162 valence electrons. The van der Waals surface area contributed by atoms with E-state index in [1.807, 2.05) is 18.2 Å². The average molecular weight is 421 g/mol. The Hall–Kier alpha value is -3.15. The van der Waals surface area contributed by atoms with Gasteiger partial charge >= 0.3 is 5.97 Å². The quantitative estimate of drug-likeness (QED) is 0.443. The number of Topliss-reactive ketones (excluding diaryl/α,β-unsaturated/α-hetero) is 1. The van der Waals surface area contributed by atoms with Crippen LogP contribution in [-0.2, 0) is 22.4 Å². The highest BCUT2D eigenvalue weighted by molar-refractivity contribution is 5.83. The van der Waals surface area contributed by atoms with Crippen molar-refractivity contribution in [2.24, 2.45) is 0 Å². The van der Waals surface area contributed by atoms with Gasteiger partial charge in [0.25, 0.3) is 0 Å². The van der Waals surface area contributed by atoms with Crippen LogP contribution in [-0.4, -0.2) is 28.4 Å². The van der Waals surface area contributed by atoms with Crippen LogP contribution < -0.4 is 5.32 Å². The Labute approximate surface area is 181 Å². The second kappa shape index (κ2) is 9.77. The lowest BCUT2D eigenvalue weighted by atomic mass is 9.92. The summed E-state index contributed by atoms with van der Waals surface area (Å²) in [5, 5.41) is 13.9. The molecule has 0 saturated carbocycles. The first-order chi connectivity index (χ1) is 15.1. The number of hydrogen-bond acceptors (Lipinski definition) is 5. The fourth-order valence-corrected chi connectivity index (χ4v) is 4.19. The van der Waals surface area contributed by atoms with Crippen molar-refractivity contribution in [3.05, 3.63) is 59.5 Å². The van der Waals surface area contributed by atoms with Gasteiger partial charge in [0.2, 0.25) is 0 Å². The smallest absolute Gasteiger partial charge is 0.310 e. The summed E-state index contributed by atoms with van der Waals surface area (Å²) < 4.78 is 5.38. The topological polar surface area (TPSA) is 92.4 Å². The van der Waals surface area contributed by atoms with Gasteiger partial charge in [0, 0.05) is 30.5 Å². The molecule has 2 N–H and O–H groups in total. The van der Waals surface area contributed by atoms with Gasteiger partial charge < -0.3 is 14.8 Å². The van der Waals surface area contributed by atoms with E-state index in [2.05, 4.69) is 17.4 Å². The Morgan fingerprint density at radius 3 is 2.90 bits per heavy atom. The molecule has 6 heteroatoms. The monoisotopic (exact) mass is 420 g/mol. The van der Waals surface area contributed by atoms with Crippen molar-refractivity contribution in [2.75, 3.05) is 11.9 Å². The van der Waals surface area contributed by atoms with Gasteiger partial charge in [-0.2, -0.15) is 0 Å². The molecular weight excluding hydrogens is 392 g/mol. The fraction of sp³-hybridized carbons (Fsp3) is 0.400. The number of furan rings is 1. The zero-order valence-corrected chi connectivity index (χ0v) is 17.6. The van der Waals surface area contributed by atoms with Crippen LogP contribution in [0.3, 0.4) is 0 Å². The molecule has 0 fully saturated rings. The predicted molar refractivity (Wildman–Crippen MR) is 119 cm³/mol. The number of hydrogen-bond donors (Lipinski definition) is 2. The van der Waals surface area contributed by atoms with Crippen molar-refractivity contribution in [1.29, 1.82) is 0 Å². The molecule has 1 aliphatic rings. The number of carboxylic acid groups (broad SMARTS) is 1. The Morgan fingerprint density at radius 1 is 1.13 bits per heavy atom. The molecule has 1 aromatic carbocycles. The third kappa shape index (κ3) is 5.32. The van der Waals surface area contributed by atoms with Crippen LogP contribution in [0, 0.1) is 0 Å². The van der Waals surface area contributed by atoms with Crippen LogP contribution in [0.5, 0.6) is 0 Å². The minimum atomic E-state index is -0.911. The Morgan fingerprint density at radius 2 is 2.03 bits per heavy atom. The van der Waals surface area contributed by atoms with Crippen molar-refractivity contribution in [3.63, 3.8) is 0 Å². The van der Waals surface area contributed by atoms with Crippen LogP contribution in [0.4, 0.5) is 5.82 Å². The molecular formula is C25H28N2O4. The highest BCUT2D eigenvalue weighted by Crippen LogP contribution is 2.27. The van der Waals surface area contributed by atoms with E-state index in [9.17, 15) is 14.7 Å². The molecule has 31 heavy (non-hydrogen) atoms. The molecule has 0 unspecified atom stereocenters. The minimum absolute atomic E-state index is 0.116. The number of carbonyl (C=O) groups is 2. The van der Waals surface area contributed by atoms with E-state index in [1.54, 1.807) is 12.3 Å². The largest absolute Gasteiger partial charge is 0.481 e. The third-order valence-corrected chi connectivity index (χ3v) is 5.98. The normalized spacial score (nSPS) is 14.1. The third-order valence-electron chi connectivity index (χ3n) is 5.98. The molecule has 2 aromatic heterocycles. The highest BCUT2D eigenvalue weighted by atomic mass is 16.4. The van der Waals surface area contributed by atoms with Crippen molar-refractivity contribution < 1.29 is 19.1 Å².